The number of hydrogen-bond acceptors (Lipinski definition) is 6. The topological polar surface area (TPSA) is 97.2 Å². The fourth-order valence-corrected chi connectivity index (χ4v) is 6.81. The highest BCUT2D eigenvalue weighted by molar-refractivity contribution is 7.13. The zero-order chi connectivity index (χ0) is 28.3. The summed E-state index contributed by atoms with van der Waals surface area (Å²) in [5.74, 6) is -1.33. The van der Waals surface area contributed by atoms with E-state index in [0.29, 0.717) is 22.8 Å². The minimum Gasteiger partial charge on any atom is -0.334 e. The van der Waals surface area contributed by atoms with E-state index in [4.69, 9.17) is 0 Å². The second-order valence-electron chi connectivity index (χ2n) is 11.0. The van der Waals surface area contributed by atoms with Gasteiger partial charge in [-0.25, -0.2) is 14.4 Å². The van der Waals surface area contributed by atoms with E-state index in [2.05, 4.69) is 22.2 Å². The van der Waals surface area contributed by atoms with Crippen LogP contribution in [0.15, 0.2) is 66.0 Å². The molecule has 0 fully saturated rings. The van der Waals surface area contributed by atoms with E-state index in [-0.39, 0.29) is 23.1 Å². The number of imidazole rings is 1. The maximum Gasteiger partial charge on any atom is 0.255 e. The Morgan fingerprint density at radius 1 is 1.20 bits per heavy atom. The van der Waals surface area contributed by atoms with Crippen molar-refractivity contribution in [2.24, 2.45) is 0 Å². The number of halogens is 1. The van der Waals surface area contributed by atoms with Gasteiger partial charge in [0.15, 0.2) is 11.2 Å². The third-order valence-corrected chi connectivity index (χ3v) is 9.08. The molecule has 4 heterocycles. The van der Waals surface area contributed by atoms with Gasteiger partial charge >= 0.3 is 0 Å². The van der Waals surface area contributed by atoms with Crippen molar-refractivity contribution in [2.75, 3.05) is 5.32 Å². The number of aldehydes is 1. The number of hydrogen-bond donors (Lipinski definition) is 1. The predicted octanol–water partition coefficient (Wildman–Crippen LogP) is 5.21. The smallest absolute Gasteiger partial charge is 0.255 e. The van der Waals surface area contributed by atoms with Crippen LogP contribution in [0.25, 0.3) is 11.1 Å². The Balaban J connectivity index is 1.21. The summed E-state index contributed by atoms with van der Waals surface area (Å²) in [4.78, 5) is 48.6. The number of nitrogens with zero attached hydrogens (tertiary/aromatic N) is 4. The van der Waals surface area contributed by atoms with E-state index in [1.165, 1.54) is 22.3 Å². The summed E-state index contributed by atoms with van der Waals surface area (Å²) in [5, 5.41) is 5.00. The van der Waals surface area contributed by atoms with Gasteiger partial charge in [-0.05, 0) is 53.7 Å². The van der Waals surface area contributed by atoms with Gasteiger partial charge in [0, 0.05) is 40.4 Å². The Morgan fingerprint density at radius 3 is 2.73 bits per heavy atom. The number of nitrogens with one attached hydrogen (secondary N) is 1. The van der Waals surface area contributed by atoms with Crippen molar-refractivity contribution in [3.8, 4) is 11.1 Å². The molecule has 0 saturated heterocycles. The molecule has 10 heteroatoms. The molecule has 3 aliphatic rings. The summed E-state index contributed by atoms with van der Waals surface area (Å²) in [6, 6.07) is 9.89. The lowest BCUT2D eigenvalue weighted by atomic mass is 9.68. The van der Waals surface area contributed by atoms with E-state index in [0.717, 1.165) is 48.1 Å². The average molecular weight is 568 g/mol. The highest BCUT2D eigenvalue weighted by Crippen LogP contribution is 2.42. The van der Waals surface area contributed by atoms with Crippen molar-refractivity contribution in [3.63, 3.8) is 0 Å². The molecule has 206 valence electrons. The normalized spacial score (nSPS) is 19.8. The first kappa shape index (κ1) is 25.5. The van der Waals surface area contributed by atoms with Crippen LogP contribution in [0.2, 0.25) is 0 Å². The number of anilines is 1. The van der Waals surface area contributed by atoms with Gasteiger partial charge in [0.1, 0.15) is 12.1 Å². The minimum atomic E-state index is -1.03. The summed E-state index contributed by atoms with van der Waals surface area (Å²) in [7, 11) is 0. The number of benzene rings is 2. The molecule has 0 radical (unpaired) electrons. The molecule has 2 atom stereocenters. The molecule has 2 unspecified atom stereocenters. The monoisotopic (exact) mass is 567 g/mol. The Labute approximate surface area is 239 Å². The fourth-order valence-electron chi connectivity index (χ4n) is 6.27. The Bertz CT molecular complexity index is 1740. The minimum absolute atomic E-state index is 0.0365. The van der Waals surface area contributed by atoms with Crippen molar-refractivity contribution in [3.05, 3.63) is 99.8 Å². The summed E-state index contributed by atoms with van der Waals surface area (Å²) < 4.78 is 17.6. The molecule has 0 spiro atoms. The van der Waals surface area contributed by atoms with Crippen LogP contribution >= 0.6 is 11.3 Å². The SMILES string of the molecule is CC1(c2ccc(-c3cc(F)c4c(c3)C(=O)N(C(C(=O)Nc3nccs3)c3ncn5c3CCC5)C4)cc2)C=C(C=O)C1. The molecule has 2 aromatic carbocycles. The van der Waals surface area contributed by atoms with Crippen LogP contribution in [0.1, 0.15) is 58.7 Å². The predicted molar refractivity (Wildman–Crippen MR) is 152 cm³/mol. The number of thiazole rings is 1. The lowest BCUT2D eigenvalue weighted by Gasteiger charge is -2.35. The van der Waals surface area contributed by atoms with Crippen molar-refractivity contribution in [1.82, 2.24) is 19.4 Å². The van der Waals surface area contributed by atoms with E-state index in [1.807, 2.05) is 34.9 Å². The molecule has 41 heavy (non-hydrogen) atoms. The van der Waals surface area contributed by atoms with E-state index < -0.39 is 23.7 Å². The largest absolute Gasteiger partial charge is 0.334 e. The molecule has 2 amide bonds. The number of rotatable bonds is 7. The van der Waals surface area contributed by atoms with Crippen molar-refractivity contribution < 1.29 is 18.8 Å². The molecule has 1 aliphatic carbocycles. The molecule has 0 saturated carbocycles. The number of carbonyl (C=O) groups excluding carboxylic acids is 3. The lowest BCUT2D eigenvalue weighted by Crippen LogP contribution is -2.38. The fraction of sp³-hybridized carbons (Fsp3) is 0.258. The van der Waals surface area contributed by atoms with Crippen molar-refractivity contribution in [1.29, 1.82) is 0 Å². The maximum absolute atomic E-state index is 15.6. The molecule has 2 aromatic heterocycles. The number of allylic oxidation sites excluding steroid dienone is 2. The van der Waals surface area contributed by atoms with E-state index >= 15 is 4.39 Å². The van der Waals surface area contributed by atoms with Crippen molar-refractivity contribution in [2.45, 2.75) is 50.7 Å². The van der Waals surface area contributed by atoms with Gasteiger partial charge in [-0.1, -0.05) is 37.3 Å². The van der Waals surface area contributed by atoms with Crippen LogP contribution in [-0.2, 0) is 34.5 Å². The van der Waals surface area contributed by atoms with Crippen LogP contribution in [0.5, 0.6) is 0 Å². The number of aryl methyl sites for hydroxylation is 1. The Morgan fingerprint density at radius 2 is 2.00 bits per heavy atom. The molecule has 8 nitrogen and oxygen atoms in total. The van der Waals surface area contributed by atoms with Gasteiger partial charge in [0.2, 0.25) is 0 Å². The molecule has 2 aliphatic heterocycles. The molecular weight excluding hydrogens is 541 g/mol. The van der Waals surface area contributed by atoms with Crippen LogP contribution in [0.4, 0.5) is 9.52 Å². The van der Waals surface area contributed by atoms with Gasteiger partial charge in [-0.2, -0.15) is 0 Å². The Hall–Kier alpha value is -4.44. The number of aromatic nitrogens is 3. The maximum atomic E-state index is 15.6. The van der Waals surface area contributed by atoms with Crippen LogP contribution in [0, 0.1) is 5.82 Å². The lowest BCUT2D eigenvalue weighted by molar-refractivity contribution is -0.121. The zero-order valence-corrected chi connectivity index (χ0v) is 23.1. The summed E-state index contributed by atoms with van der Waals surface area (Å²) in [6.45, 7) is 2.85. The van der Waals surface area contributed by atoms with E-state index in [1.54, 1.807) is 24.0 Å². The quantitative estimate of drug-likeness (QED) is 0.309. The first-order valence-electron chi connectivity index (χ1n) is 13.5. The molecule has 4 aromatic rings. The molecule has 0 bridgehead atoms. The van der Waals surface area contributed by atoms with Crippen LogP contribution in [-0.4, -0.2) is 37.5 Å². The second kappa shape index (κ2) is 9.59. The van der Waals surface area contributed by atoms with Gasteiger partial charge in [0.25, 0.3) is 11.8 Å². The van der Waals surface area contributed by atoms with Crippen LogP contribution < -0.4 is 5.32 Å². The van der Waals surface area contributed by atoms with Gasteiger partial charge in [0.05, 0.1) is 18.6 Å². The van der Waals surface area contributed by atoms with Gasteiger partial charge in [-0.3, -0.25) is 19.7 Å². The zero-order valence-electron chi connectivity index (χ0n) is 22.3. The number of amides is 2. The average Bonchev–Trinajstić information content (AvgIpc) is 3.75. The second-order valence-corrected chi connectivity index (χ2v) is 11.9. The third-order valence-electron chi connectivity index (χ3n) is 8.39. The van der Waals surface area contributed by atoms with Gasteiger partial charge in [-0.15, -0.1) is 11.3 Å². The van der Waals surface area contributed by atoms with Gasteiger partial charge < -0.3 is 9.47 Å². The summed E-state index contributed by atoms with van der Waals surface area (Å²) in [5.41, 5.74) is 4.97. The highest BCUT2D eigenvalue weighted by atomic mass is 32.1. The third kappa shape index (κ3) is 4.21. The number of carbonyl (C=O) groups is 3. The molecular formula is C31H26FN5O3S. The molecule has 1 N–H and O–H groups in total. The summed E-state index contributed by atoms with van der Waals surface area (Å²) >= 11 is 1.28. The standard InChI is InChI=1S/C31H26FN5O3S/c1-31(13-18(14-31)16-38)21-6-4-19(5-7-21)20-11-22-23(24(32)12-20)15-37(29(22)40)27(28(39)35-30-33-8-10-41-30)26-25-3-2-9-36(25)17-34-26/h4-8,10-13,16-17,27H,2-3,9,14-15H2,1H3,(H,33,35,39). The highest BCUT2D eigenvalue weighted by Gasteiger charge is 2.42. The van der Waals surface area contributed by atoms with Crippen LogP contribution in [0.3, 0.4) is 0 Å². The first-order valence-corrected chi connectivity index (χ1v) is 14.4. The first-order chi connectivity index (χ1) is 19.8. The van der Waals surface area contributed by atoms with E-state index in [9.17, 15) is 14.4 Å². The Kier molecular flexibility index (Phi) is 5.97. The number of fused-ring (bicyclic) bond motifs is 2. The summed E-state index contributed by atoms with van der Waals surface area (Å²) in [6.07, 6.45) is 8.53. The van der Waals surface area contributed by atoms with Crippen molar-refractivity contribution >= 4 is 34.6 Å². The molecule has 7 rings (SSSR count).